The number of amides is 1. The number of carbonyl (C=O) groups is 1. The zero-order valence-corrected chi connectivity index (χ0v) is 11.8. The quantitative estimate of drug-likeness (QED) is 0.861. The van der Waals surface area contributed by atoms with Crippen molar-refractivity contribution < 1.29 is 18.0 Å². The van der Waals surface area contributed by atoms with Crippen LogP contribution in [0.4, 0.5) is 18.9 Å². The predicted molar refractivity (Wildman–Crippen MR) is 72.3 cm³/mol. The second-order valence-corrected chi connectivity index (χ2v) is 4.85. The number of rotatable bonds is 4. The zero-order chi connectivity index (χ0) is 15.5. The van der Waals surface area contributed by atoms with Crippen LogP contribution >= 0.6 is 0 Å². The fourth-order valence-corrected chi connectivity index (χ4v) is 1.92. The normalized spacial score (nSPS) is 13.1. The minimum absolute atomic E-state index is 0.0542. The highest BCUT2D eigenvalue weighted by molar-refractivity contribution is 5.99. The van der Waals surface area contributed by atoms with Crippen LogP contribution in [0.2, 0.25) is 0 Å². The van der Waals surface area contributed by atoms with Gasteiger partial charge in [-0.15, -0.1) is 0 Å². The van der Waals surface area contributed by atoms with Crippen LogP contribution in [-0.4, -0.2) is 23.9 Å². The number of benzene rings is 1. The molecule has 20 heavy (non-hydrogen) atoms. The Kier molecular flexibility index (Phi) is 5.03. The zero-order valence-electron chi connectivity index (χ0n) is 11.8. The molecule has 0 aliphatic heterocycles. The summed E-state index contributed by atoms with van der Waals surface area (Å²) in [5.74, 6) is -0.491. The monoisotopic (exact) mass is 288 g/mol. The Hall–Kier alpha value is -1.72. The highest BCUT2D eigenvalue weighted by Crippen LogP contribution is 2.31. The Balaban J connectivity index is 3.09. The van der Waals surface area contributed by atoms with E-state index in [1.54, 1.807) is 7.05 Å². The number of nitrogens with two attached hydrogens (primary N) is 1. The van der Waals surface area contributed by atoms with Crippen LogP contribution in [0.5, 0.6) is 0 Å². The van der Waals surface area contributed by atoms with Gasteiger partial charge < -0.3 is 10.6 Å². The van der Waals surface area contributed by atoms with Crippen LogP contribution in [0.15, 0.2) is 18.2 Å². The van der Waals surface area contributed by atoms with Crippen molar-refractivity contribution in [3.8, 4) is 0 Å². The van der Waals surface area contributed by atoms with Crippen LogP contribution in [0.25, 0.3) is 0 Å². The maximum atomic E-state index is 12.7. The van der Waals surface area contributed by atoms with Gasteiger partial charge in [0.15, 0.2) is 0 Å². The topological polar surface area (TPSA) is 46.3 Å². The van der Waals surface area contributed by atoms with Crippen molar-refractivity contribution in [2.24, 2.45) is 0 Å². The second-order valence-electron chi connectivity index (χ2n) is 4.85. The Morgan fingerprint density at radius 1 is 1.40 bits per heavy atom. The molecule has 3 nitrogen and oxygen atoms in total. The number of anilines is 1. The maximum absolute atomic E-state index is 12.7. The third-order valence-electron chi connectivity index (χ3n) is 3.30. The molecule has 6 heteroatoms. The smallest absolute Gasteiger partial charge is 0.398 e. The minimum atomic E-state index is -4.49. The molecule has 1 atom stereocenters. The van der Waals surface area contributed by atoms with E-state index in [0.717, 1.165) is 31.0 Å². The van der Waals surface area contributed by atoms with E-state index in [-0.39, 0.29) is 17.3 Å². The van der Waals surface area contributed by atoms with Gasteiger partial charge >= 0.3 is 6.18 Å². The summed E-state index contributed by atoms with van der Waals surface area (Å²) < 4.78 is 38.0. The molecule has 1 amide bonds. The summed E-state index contributed by atoms with van der Waals surface area (Å²) in [7, 11) is 1.57. The first-order valence-electron chi connectivity index (χ1n) is 6.42. The first kappa shape index (κ1) is 16.3. The summed E-state index contributed by atoms with van der Waals surface area (Å²) in [6.07, 6.45) is -2.83. The van der Waals surface area contributed by atoms with Crippen molar-refractivity contribution >= 4 is 11.6 Å². The van der Waals surface area contributed by atoms with Gasteiger partial charge in [0.25, 0.3) is 5.91 Å². The van der Waals surface area contributed by atoms with E-state index >= 15 is 0 Å². The molecule has 0 fully saturated rings. The van der Waals surface area contributed by atoms with E-state index in [1.165, 1.54) is 4.90 Å². The number of nitrogen functional groups attached to an aromatic ring is 1. The molecule has 1 rings (SSSR count). The number of nitrogens with zero attached hydrogens (tertiary/aromatic N) is 1. The minimum Gasteiger partial charge on any atom is -0.398 e. The number of carbonyl (C=O) groups excluding carboxylic acids is 1. The predicted octanol–water partition coefficient (Wildman–Crippen LogP) is 3.55. The number of hydrogen-bond acceptors (Lipinski definition) is 2. The molecule has 0 aliphatic carbocycles. The molecular formula is C14H19F3N2O. The molecule has 0 spiro atoms. The summed E-state index contributed by atoms with van der Waals surface area (Å²) in [5, 5.41) is 0. The first-order valence-corrected chi connectivity index (χ1v) is 6.42. The van der Waals surface area contributed by atoms with Gasteiger partial charge in [-0.2, -0.15) is 13.2 Å². The average Bonchev–Trinajstić information content (AvgIpc) is 2.36. The molecular weight excluding hydrogens is 269 g/mol. The van der Waals surface area contributed by atoms with Gasteiger partial charge in [-0.1, -0.05) is 13.3 Å². The third kappa shape index (κ3) is 3.65. The van der Waals surface area contributed by atoms with E-state index < -0.39 is 17.6 Å². The van der Waals surface area contributed by atoms with Crippen molar-refractivity contribution in [2.45, 2.75) is 38.9 Å². The molecule has 0 saturated heterocycles. The van der Waals surface area contributed by atoms with E-state index in [2.05, 4.69) is 0 Å². The van der Waals surface area contributed by atoms with Gasteiger partial charge in [0.05, 0.1) is 11.1 Å². The highest BCUT2D eigenvalue weighted by Gasteiger charge is 2.32. The van der Waals surface area contributed by atoms with Crippen LogP contribution in [-0.2, 0) is 6.18 Å². The Morgan fingerprint density at radius 3 is 2.50 bits per heavy atom. The summed E-state index contributed by atoms with van der Waals surface area (Å²) in [6.45, 7) is 3.83. The molecule has 0 radical (unpaired) electrons. The lowest BCUT2D eigenvalue weighted by atomic mass is 10.1. The largest absolute Gasteiger partial charge is 0.416 e. The molecule has 0 bridgehead atoms. The maximum Gasteiger partial charge on any atom is 0.416 e. The van der Waals surface area contributed by atoms with Crippen molar-refractivity contribution in [1.29, 1.82) is 0 Å². The Bertz CT molecular complexity index is 486. The first-order chi connectivity index (χ1) is 9.18. The highest BCUT2D eigenvalue weighted by atomic mass is 19.4. The van der Waals surface area contributed by atoms with Crippen molar-refractivity contribution in [2.75, 3.05) is 12.8 Å². The molecule has 0 saturated carbocycles. The lowest BCUT2D eigenvalue weighted by molar-refractivity contribution is -0.137. The lowest BCUT2D eigenvalue weighted by Crippen LogP contribution is -2.35. The van der Waals surface area contributed by atoms with E-state index in [0.29, 0.717) is 0 Å². The molecule has 112 valence electrons. The standard InChI is InChI=1S/C14H19F3N2O/c1-4-5-9(2)19(3)13(20)11-8-10(14(15,16)17)6-7-12(11)18/h6-9H,4-5,18H2,1-3H3. The van der Waals surface area contributed by atoms with Crippen LogP contribution in [0.1, 0.15) is 42.6 Å². The van der Waals surface area contributed by atoms with Gasteiger partial charge in [0, 0.05) is 18.8 Å². The van der Waals surface area contributed by atoms with E-state index in [1.807, 2.05) is 13.8 Å². The van der Waals surface area contributed by atoms with Crippen LogP contribution in [0.3, 0.4) is 0 Å². The van der Waals surface area contributed by atoms with Crippen molar-refractivity contribution in [1.82, 2.24) is 4.90 Å². The number of hydrogen-bond donors (Lipinski definition) is 1. The summed E-state index contributed by atoms with van der Waals surface area (Å²) in [6, 6.07) is 2.75. The summed E-state index contributed by atoms with van der Waals surface area (Å²) in [4.78, 5) is 13.7. The molecule has 1 aromatic carbocycles. The molecule has 1 aromatic rings. The SMILES string of the molecule is CCCC(C)N(C)C(=O)c1cc(C(F)(F)F)ccc1N. The van der Waals surface area contributed by atoms with Crippen molar-refractivity contribution in [3.63, 3.8) is 0 Å². The van der Waals surface area contributed by atoms with Crippen LogP contribution in [0, 0.1) is 0 Å². The molecule has 0 aliphatic rings. The van der Waals surface area contributed by atoms with Crippen molar-refractivity contribution in [3.05, 3.63) is 29.3 Å². The third-order valence-corrected chi connectivity index (χ3v) is 3.30. The molecule has 0 aromatic heterocycles. The van der Waals surface area contributed by atoms with Gasteiger partial charge in [-0.05, 0) is 31.5 Å². The lowest BCUT2D eigenvalue weighted by Gasteiger charge is -2.25. The Labute approximate surface area is 116 Å². The average molecular weight is 288 g/mol. The Morgan fingerprint density at radius 2 is 2.00 bits per heavy atom. The number of alkyl halides is 3. The van der Waals surface area contributed by atoms with Gasteiger partial charge in [0.1, 0.15) is 0 Å². The molecule has 2 N–H and O–H groups in total. The summed E-state index contributed by atoms with van der Waals surface area (Å²) >= 11 is 0. The molecule has 1 unspecified atom stereocenters. The van der Waals surface area contributed by atoms with E-state index in [9.17, 15) is 18.0 Å². The van der Waals surface area contributed by atoms with Gasteiger partial charge in [0.2, 0.25) is 0 Å². The number of halogens is 3. The fraction of sp³-hybridized carbons (Fsp3) is 0.500. The van der Waals surface area contributed by atoms with Gasteiger partial charge in [-0.25, -0.2) is 0 Å². The molecule has 0 heterocycles. The summed E-state index contributed by atoms with van der Waals surface area (Å²) in [5.41, 5.74) is 4.71. The van der Waals surface area contributed by atoms with Crippen LogP contribution < -0.4 is 5.73 Å². The second kappa shape index (κ2) is 6.15. The van der Waals surface area contributed by atoms with Gasteiger partial charge in [-0.3, -0.25) is 4.79 Å². The fourth-order valence-electron chi connectivity index (χ4n) is 1.92. The van der Waals surface area contributed by atoms with E-state index in [4.69, 9.17) is 5.73 Å².